The van der Waals surface area contributed by atoms with Crippen LogP contribution < -0.4 is 0 Å². The summed E-state index contributed by atoms with van der Waals surface area (Å²) < 4.78 is 0. The van der Waals surface area contributed by atoms with Gasteiger partial charge in [-0.05, 0) is 38.0 Å². The van der Waals surface area contributed by atoms with Crippen LogP contribution in [0.15, 0.2) is 11.3 Å². The third kappa shape index (κ3) is 2.24. The van der Waals surface area contributed by atoms with Crippen molar-refractivity contribution in [1.82, 2.24) is 4.90 Å². The molecule has 0 radical (unpaired) electrons. The van der Waals surface area contributed by atoms with Crippen LogP contribution in [0.25, 0.3) is 0 Å². The fraction of sp³-hybridized carbons (Fsp3) is 0.769. The number of allylic oxidation sites excluding steroid dienone is 2. The summed E-state index contributed by atoms with van der Waals surface area (Å²) >= 11 is 0. The molecule has 0 fully saturated rings. The molecule has 0 aromatic heterocycles. The van der Waals surface area contributed by atoms with Crippen LogP contribution in [0, 0.1) is 5.92 Å². The summed E-state index contributed by atoms with van der Waals surface area (Å²) in [6.07, 6.45) is 6.72. The Morgan fingerprint density at radius 1 is 1.13 bits per heavy atom. The van der Waals surface area contributed by atoms with E-state index in [4.69, 9.17) is 0 Å². The van der Waals surface area contributed by atoms with Crippen LogP contribution >= 0.6 is 0 Å². The van der Waals surface area contributed by atoms with Gasteiger partial charge < -0.3 is 4.90 Å². The molecule has 0 unspecified atom stereocenters. The third-order valence-corrected chi connectivity index (χ3v) is 3.37. The monoisotopic (exact) mass is 207 g/mol. The summed E-state index contributed by atoms with van der Waals surface area (Å²) in [5.74, 6) is 0.923. The number of hydrogen-bond donors (Lipinski definition) is 0. The molecule has 2 heteroatoms. The Balaban J connectivity index is 2.20. The Bertz CT molecular complexity index is 291. The Morgan fingerprint density at radius 3 is 2.60 bits per heavy atom. The van der Waals surface area contributed by atoms with Crippen molar-refractivity contribution in [2.45, 2.75) is 52.4 Å². The first-order valence-corrected chi connectivity index (χ1v) is 6.19. The number of carbonyl (C=O) groups excluding carboxylic acids is 1. The van der Waals surface area contributed by atoms with Gasteiger partial charge in [0.2, 0.25) is 5.91 Å². The maximum atomic E-state index is 11.9. The Morgan fingerprint density at radius 2 is 1.87 bits per heavy atom. The van der Waals surface area contributed by atoms with Crippen molar-refractivity contribution >= 4 is 5.91 Å². The molecule has 0 aromatic rings. The topological polar surface area (TPSA) is 20.3 Å². The minimum absolute atomic E-state index is 0.351. The van der Waals surface area contributed by atoms with E-state index in [1.807, 2.05) is 0 Å². The fourth-order valence-corrected chi connectivity index (χ4v) is 2.67. The van der Waals surface area contributed by atoms with Crippen molar-refractivity contribution in [2.24, 2.45) is 5.92 Å². The zero-order chi connectivity index (χ0) is 10.8. The van der Waals surface area contributed by atoms with Crippen LogP contribution in [0.5, 0.6) is 0 Å². The quantitative estimate of drug-likeness (QED) is 0.681. The van der Waals surface area contributed by atoms with Gasteiger partial charge in [-0.2, -0.15) is 0 Å². The molecule has 0 saturated carbocycles. The van der Waals surface area contributed by atoms with E-state index in [1.165, 1.54) is 25.0 Å². The van der Waals surface area contributed by atoms with E-state index in [9.17, 15) is 4.79 Å². The second-order valence-corrected chi connectivity index (χ2v) is 5.16. The first-order valence-electron chi connectivity index (χ1n) is 6.19. The van der Waals surface area contributed by atoms with Crippen LogP contribution in [0.1, 0.15) is 52.4 Å². The minimum atomic E-state index is 0.351. The lowest BCUT2D eigenvalue weighted by Crippen LogP contribution is -2.37. The van der Waals surface area contributed by atoms with E-state index in [1.54, 1.807) is 5.57 Å². The van der Waals surface area contributed by atoms with Gasteiger partial charge in [-0.1, -0.05) is 19.4 Å². The van der Waals surface area contributed by atoms with Crippen LogP contribution in [0.3, 0.4) is 0 Å². The van der Waals surface area contributed by atoms with Gasteiger partial charge in [0.1, 0.15) is 0 Å². The highest BCUT2D eigenvalue weighted by Crippen LogP contribution is 2.34. The van der Waals surface area contributed by atoms with Gasteiger partial charge in [-0.3, -0.25) is 4.79 Å². The molecule has 0 N–H and O–H groups in total. The number of rotatable bonds is 2. The van der Waals surface area contributed by atoms with Crippen molar-refractivity contribution in [1.29, 1.82) is 0 Å². The summed E-state index contributed by atoms with van der Waals surface area (Å²) in [6.45, 7) is 5.29. The number of hydrogen-bond acceptors (Lipinski definition) is 1. The van der Waals surface area contributed by atoms with E-state index in [0.717, 1.165) is 25.8 Å². The van der Waals surface area contributed by atoms with Crippen LogP contribution in [0.2, 0.25) is 0 Å². The predicted octanol–water partition coefficient (Wildman–Crippen LogP) is 3.09. The molecule has 2 aliphatic rings. The largest absolute Gasteiger partial charge is 0.316 e. The molecular weight excluding hydrogens is 186 g/mol. The summed E-state index contributed by atoms with van der Waals surface area (Å²) in [4.78, 5) is 13.9. The standard InChI is InChI=1S/C13H21NO/c1-10(2)9-14-12-6-4-3-5-11(12)7-8-13(14)15/h10H,3-9H2,1-2H3. The second kappa shape index (κ2) is 4.38. The average molecular weight is 207 g/mol. The van der Waals surface area contributed by atoms with E-state index in [-0.39, 0.29) is 0 Å². The van der Waals surface area contributed by atoms with Gasteiger partial charge in [0.05, 0.1) is 0 Å². The van der Waals surface area contributed by atoms with Gasteiger partial charge in [0.15, 0.2) is 0 Å². The first-order chi connectivity index (χ1) is 7.18. The Kier molecular flexibility index (Phi) is 3.13. The van der Waals surface area contributed by atoms with Crippen LogP contribution in [0.4, 0.5) is 0 Å². The molecule has 15 heavy (non-hydrogen) atoms. The lowest BCUT2D eigenvalue weighted by molar-refractivity contribution is -0.130. The summed E-state index contributed by atoms with van der Waals surface area (Å²) in [7, 11) is 0. The first kappa shape index (κ1) is 10.7. The molecule has 0 atom stereocenters. The van der Waals surface area contributed by atoms with Crippen molar-refractivity contribution in [3.63, 3.8) is 0 Å². The lowest BCUT2D eigenvalue weighted by atomic mass is 9.89. The van der Waals surface area contributed by atoms with Gasteiger partial charge >= 0.3 is 0 Å². The molecule has 0 saturated heterocycles. The van der Waals surface area contributed by atoms with Crippen molar-refractivity contribution in [3.8, 4) is 0 Å². The zero-order valence-electron chi connectivity index (χ0n) is 9.88. The molecule has 84 valence electrons. The lowest BCUT2D eigenvalue weighted by Gasteiger charge is -2.35. The maximum Gasteiger partial charge on any atom is 0.227 e. The average Bonchev–Trinajstić information content (AvgIpc) is 2.22. The van der Waals surface area contributed by atoms with Crippen LogP contribution in [-0.2, 0) is 4.79 Å². The van der Waals surface area contributed by atoms with E-state index in [0.29, 0.717) is 11.8 Å². The molecule has 1 aliphatic carbocycles. The summed E-state index contributed by atoms with van der Waals surface area (Å²) in [5.41, 5.74) is 2.95. The van der Waals surface area contributed by atoms with Crippen LogP contribution in [-0.4, -0.2) is 17.4 Å². The number of nitrogens with zero attached hydrogens (tertiary/aromatic N) is 1. The zero-order valence-corrected chi connectivity index (χ0v) is 9.88. The maximum absolute atomic E-state index is 11.9. The smallest absolute Gasteiger partial charge is 0.227 e. The third-order valence-electron chi connectivity index (χ3n) is 3.37. The molecule has 0 bridgehead atoms. The van der Waals surface area contributed by atoms with E-state index >= 15 is 0 Å². The van der Waals surface area contributed by atoms with Gasteiger partial charge in [-0.15, -0.1) is 0 Å². The van der Waals surface area contributed by atoms with Gasteiger partial charge in [0.25, 0.3) is 0 Å². The Labute approximate surface area is 92.3 Å². The number of amides is 1. The van der Waals surface area contributed by atoms with Gasteiger partial charge in [0, 0.05) is 18.7 Å². The molecule has 1 amide bonds. The molecule has 1 aliphatic heterocycles. The molecular formula is C13H21NO. The van der Waals surface area contributed by atoms with E-state index < -0.39 is 0 Å². The summed E-state index contributed by atoms with van der Waals surface area (Å²) in [6, 6.07) is 0. The minimum Gasteiger partial charge on any atom is -0.316 e. The van der Waals surface area contributed by atoms with Gasteiger partial charge in [-0.25, -0.2) is 0 Å². The highest BCUT2D eigenvalue weighted by Gasteiger charge is 2.28. The molecule has 2 rings (SSSR count). The Hall–Kier alpha value is -0.790. The van der Waals surface area contributed by atoms with Crippen molar-refractivity contribution in [3.05, 3.63) is 11.3 Å². The molecule has 2 nitrogen and oxygen atoms in total. The van der Waals surface area contributed by atoms with Crippen molar-refractivity contribution < 1.29 is 4.79 Å². The SMILES string of the molecule is CC(C)CN1C(=O)CCC2=C1CCCC2. The fourth-order valence-electron chi connectivity index (χ4n) is 2.67. The molecule has 1 heterocycles. The number of carbonyl (C=O) groups is 1. The van der Waals surface area contributed by atoms with E-state index in [2.05, 4.69) is 18.7 Å². The predicted molar refractivity (Wildman–Crippen MR) is 61.3 cm³/mol. The second-order valence-electron chi connectivity index (χ2n) is 5.16. The highest BCUT2D eigenvalue weighted by molar-refractivity contribution is 5.80. The normalized spacial score (nSPS) is 22.3. The summed E-state index contributed by atoms with van der Waals surface area (Å²) in [5, 5.41) is 0. The molecule has 0 aromatic carbocycles. The molecule has 0 spiro atoms. The van der Waals surface area contributed by atoms with Crippen molar-refractivity contribution in [2.75, 3.05) is 6.54 Å². The highest BCUT2D eigenvalue weighted by atomic mass is 16.2.